The molecule has 0 amide bonds. The first-order chi connectivity index (χ1) is 34.7. The molecule has 0 radical (unpaired) electrons. The number of furan rings is 3. The second-order valence-corrected chi connectivity index (χ2v) is 22.3. The van der Waals surface area contributed by atoms with E-state index in [1.807, 2.05) is 0 Å². The van der Waals surface area contributed by atoms with Crippen molar-refractivity contribution in [2.75, 3.05) is 9.80 Å². The lowest BCUT2D eigenvalue weighted by Gasteiger charge is -2.33. The Labute approximate surface area is 418 Å². The van der Waals surface area contributed by atoms with Crippen LogP contribution in [0.25, 0.3) is 98.5 Å². The van der Waals surface area contributed by atoms with Crippen molar-refractivity contribution in [3.63, 3.8) is 0 Å². The van der Waals surface area contributed by atoms with Gasteiger partial charge in [0.25, 0.3) is 0 Å². The van der Waals surface area contributed by atoms with Crippen LogP contribution in [0, 0.1) is 20.8 Å². The molecule has 0 bridgehead atoms. The summed E-state index contributed by atoms with van der Waals surface area (Å²) in [4.78, 5) is 4.84. The molecule has 5 heteroatoms. The molecule has 72 heavy (non-hydrogen) atoms. The molecule has 0 N–H and O–H groups in total. The number of benzene rings is 10. The molecule has 350 valence electrons. The summed E-state index contributed by atoms with van der Waals surface area (Å²) in [5.74, 6) is 0. The van der Waals surface area contributed by atoms with Crippen molar-refractivity contribution in [2.45, 2.75) is 73.1 Å². The third kappa shape index (κ3) is 6.00. The molecular weight excluding hydrogens is 881 g/mol. The molecule has 0 saturated carbocycles. The van der Waals surface area contributed by atoms with Crippen LogP contribution >= 0.6 is 0 Å². The Morgan fingerprint density at radius 3 is 1.64 bits per heavy atom. The van der Waals surface area contributed by atoms with Gasteiger partial charge in [0, 0.05) is 77.6 Å². The number of para-hydroxylation sites is 4. The maximum Gasteiger partial charge on any atom is 0.159 e. The number of hydrogen-bond acceptors (Lipinski definition) is 5. The van der Waals surface area contributed by atoms with E-state index in [1.165, 1.54) is 38.8 Å². The highest BCUT2D eigenvalue weighted by molar-refractivity contribution is 6.33. The van der Waals surface area contributed by atoms with Gasteiger partial charge in [0.1, 0.15) is 22.3 Å². The third-order valence-corrected chi connectivity index (χ3v) is 15.4. The van der Waals surface area contributed by atoms with Crippen molar-refractivity contribution in [3.05, 3.63) is 192 Å². The molecule has 5 nitrogen and oxygen atoms in total. The van der Waals surface area contributed by atoms with Crippen LogP contribution in [-0.2, 0) is 10.8 Å². The lowest BCUT2D eigenvalue weighted by Crippen LogP contribution is -2.15. The van der Waals surface area contributed by atoms with Gasteiger partial charge in [0.15, 0.2) is 11.2 Å². The second-order valence-electron chi connectivity index (χ2n) is 22.3. The predicted octanol–water partition coefficient (Wildman–Crippen LogP) is 20.1. The summed E-state index contributed by atoms with van der Waals surface area (Å²) in [6.45, 7) is 20.1. The van der Waals surface area contributed by atoms with Crippen LogP contribution in [0.15, 0.2) is 177 Å². The van der Waals surface area contributed by atoms with Crippen molar-refractivity contribution >= 4 is 121 Å². The minimum absolute atomic E-state index is 0.101. The summed E-state index contributed by atoms with van der Waals surface area (Å²) in [5.41, 5.74) is 19.5. The first-order valence-electron chi connectivity index (χ1n) is 25.2. The molecule has 14 rings (SSSR count). The normalized spacial score (nSPS) is 13.0. The summed E-state index contributed by atoms with van der Waals surface area (Å²) in [6.07, 6.45) is 0. The van der Waals surface area contributed by atoms with Crippen LogP contribution in [-0.4, -0.2) is 0 Å². The van der Waals surface area contributed by atoms with Gasteiger partial charge in [0.2, 0.25) is 0 Å². The zero-order valence-corrected chi connectivity index (χ0v) is 42.2. The van der Waals surface area contributed by atoms with Gasteiger partial charge >= 0.3 is 0 Å². The molecule has 0 fully saturated rings. The maximum atomic E-state index is 7.36. The monoisotopic (exact) mass is 934 g/mol. The number of aryl methyl sites for hydroxylation is 3. The molecule has 1 aliphatic rings. The SMILES string of the molecule is Cc1ccc(C)c(N(c2cc3oc4cc5c6c(cccc6c4c3c3ccccc23)-c2ccc(C)cc2N5c2cccc3c2oc2c(C(C)(C)C)cccc23)c2cccc3c2oc2c(C(C)(C)C)cccc23)c1. The Morgan fingerprint density at radius 1 is 0.361 bits per heavy atom. The van der Waals surface area contributed by atoms with Gasteiger partial charge in [0.05, 0.1) is 28.4 Å². The van der Waals surface area contributed by atoms with E-state index in [0.717, 1.165) is 122 Å². The summed E-state index contributed by atoms with van der Waals surface area (Å²) in [5, 5.41) is 11.2. The molecule has 10 aromatic carbocycles. The standard InChI is InChI=1S/C67H54N2O3/c1-37-29-31-39(3)53(33-37)68(51-27-15-22-46-44-20-13-25-49(66(4,5)6)62(44)71-64(46)51)55-35-57-60(43-18-11-10-17-40(43)55)61-48-24-12-19-42-41-32-30-38(2)34-54(41)69(56(59(42)48)36-58(61)70-57)52-28-16-23-47-45-21-14-26-50(67(7,8)9)63(45)72-65(47)52/h10-36H,1-9H3. The van der Waals surface area contributed by atoms with Crippen molar-refractivity contribution in [3.8, 4) is 11.1 Å². The van der Waals surface area contributed by atoms with Crippen molar-refractivity contribution in [2.24, 2.45) is 0 Å². The maximum absolute atomic E-state index is 7.36. The fraction of sp³-hybridized carbons (Fsp3) is 0.164. The van der Waals surface area contributed by atoms with Gasteiger partial charge in [-0.15, -0.1) is 0 Å². The molecule has 3 aromatic heterocycles. The Kier molecular flexibility index (Phi) is 8.80. The lowest BCUT2D eigenvalue weighted by atomic mass is 9.86. The molecule has 0 unspecified atom stereocenters. The number of hydrogen-bond donors (Lipinski definition) is 0. The number of anilines is 6. The Morgan fingerprint density at radius 2 is 0.917 bits per heavy atom. The van der Waals surface area contributed by atoms with Crippen LogP contribution < -0.4 is 9.80 Å². The van der Waals surface area contributed by atoms with Gasteiger partial charge in [-0.1, -0.05) is 169 Å². The smallest absolute Gasteiger partial charge is 0.159 e. The average Bonchev–Trinajstić information content (AvgIpc) is 4.07. The van der Waals surface area contributed by atoms with Crippen LogP contribution in [0.5, 0.6) is 0 Å². The molecule has 0 spiro atoms. The number of rotatable bonds is 4. The van der Waals surface area contributed by atoms with Crippen LogP contribution in [0.2, 0.25) is 0 Å². The predicted molar refractivity (Wildman–Crippen MR) is 303 cm³/mol. The highest BCUT2D eigenvalue weighted by Crippen LogP contribution is 2.57. The van der Waals surface area contributed by atoms with Crippen molar-refractivity contribution < 1.29 is 13.3 Å². The lowest BCUT2D eigenvalue weighted by molar-refractivity contribution is 0.572. The van der Waals surface area contributed by atoms with E-state index in [1.54, 1.807) is 0 Å². The minimum Gasteiger partial charge on any atom is -0.456 e. The summed E-state index contributed by atoms with van der Waals surface area (Å²) >= 11 is 0. The molecule has 0 atom stereocenters. The quantitative estimate of drug-likeness (QED) is 0.176. The van der Waals surface area contributed by atoms with E-state index >= 15 is 0 Å². The van der Waals surface area contributed by atoms with Gasteiger partial charge in [-0.3, -0.25) is 0 Å². The zero-order chi connectivity index (χ0) is 49.1. The Hall–Kier alpha value is -8.28. The Bertz CT molecular complexity index is 4470. The van der Waals surface area contributed by atoms with E-state index < -0.39 is 0 Å². The fourth-order valence-electron chi connectivity index (χ4n) is 12.1. The Balaban J connectivity index is 1.07. The topological polar surface area (TPSA) is 45.9 Å². The minimum atomic E-state index is -0.108. The van der Waals surface area contributed by atoms with Crippen LogP contribution in [0.1, 0.15) is 69.4 Å². The number of nitrogens with zero attached hydrogens (tertiary/aromatic N) is 2. The summed E-state index contributed by atoms with van der Waals surface area (Å²) < 4.78 is 21.6. The van der Waals surface area contributed by atoms with Gasteiger partial charge < -0.3 is 23.1 Å². The molecule has 1 aliphatic heterocycles. The second kappa shape index (κ2) is 14.9. The van der Waals surface area contributed by atoms with E-state index in [2.05, 4.69) is 236 Å². The largest absolute Gasteiger partial charge is 0.456 e. The van der Waals surface area contributed by atoms with E-state index in [4.69, 9.17) is 13.3 Å². The first kappa shape index (κ1) is 42.6. The van der Waals surface area contributed by atoms with Gasteiger partial charge in [-0.25, -0.2) is 0 Å². The van der Waals surface area contributed by atoms with E-state index in [0.29, 0.717) is 0 Å². The zero-order valence-electron chi connectivity index (χ0n) is 42.2. The van der Waals surface area contributed by atoms with E-state index in [9.17, 15) is 0 Å². The average molecular weight is 935 g/mol. The molecule has 0 aliphatic carbocycles. The highest BCUT2D eigenvalue weighted by Gasteiger charge is 2.33. The van der Waals surface area contributed by atoms with Crippen LogP contribution in [0.4, 0.5) is 34.1 Å². The number of fused-ring (bicyclic) bond motifs is 14. The van der Waals surface area contributed by atoms with Crippen molar-refractivity contribution in [1.29, 1.82) is 0 Å². The summed E-state index contributed by atoms with van der Waals surface area (Å²) in [7, 11) is 0. The first-order valence-corrected chi connectivity index (χ1v) is 25.2. The highest BCUT2D eigenvalue weighted by atomic mass is 16.3. The van der Waals surface area contributed by atoms with Gasteiger partial charge in [-0.2, -0.15) is 0 Å². The molecule has 0 saturated heterocycles. The van der Waals surface area contributed by atoms with Crippen LogP contribution in [0.3, 0.4) is 0 Å². The van der Waals surface area contributed by atoms with Gasteiger partial charge in [-0.05, 0) is 88.9 Å². The molecule has 13 aromatic rings. The summed E-state index contributed by atoms with van der Waals surface area (Å²) in [6, 6.07) is 60.0. The molecular formula is C67H54N2O3. The third-order valence-electron chi connectivity index (χ3n) is 15.4. The fourth-order valence-corrected chi connectivity index (χ4v) is 12.1. The molecule has 4 heterocycles. The van der Waals surface area contributed by atoms with Crippen molar-refractivity contribution in [1.82, 2.24) is 0 Å². The van der Waals surface area contributed by atoms with E-state index in [-0.39, 0.29) is 10.8 Å².